The zero-order chi connectivity index (χ0) is 18.6. The number of alkyl halides is 2. The van der Waals surface area contributed by atoms with Crippen LogP contribution in [0.3, 0.4) is 0 Å². The third-order valence-corrected chi connectivity index (χ3v) is 3.80. The number of aliphatic hydroxyl groups excluding tert-OH is 1. The molecule has 0 heterocycles. The highest BCUT2D eigenvalue weighted by Crippen LogP contribution is 2.31. The number of benzene rings is 2. The van der Waals surface area contributed by atoms with Gasteiger partial charge in [-0.2, -0.15) is 8.78 Å². The molecule has 0 fully saturated rings. The van der Waals surface area contributed by atoms with Crippen LogP contribution < -0.4 is 5.32 Å². The molecule has 0 bridgehead atoms. The van der Waals surface area contributed by atoms with E-state index < -0.39 is 12.0 Å². The number of nitrogens with one attached hydrogen (secondary N) is 1. The fourth-order valence-electron chi connectivity index (χ4n) is 2.26. The highest BCUT2D eigenvalue weighted by molar-refractivity contribution is 5.96. The molecule has 2 aromatic rings. The first-order chi connectivity index (χ1) is 11.7. The van der Waals surface area contributed by atoms with E-state index in [0.717, 1.165) is 6.92 Å². The molecular weight excluding hydrogens is 328 g/mol. The summed E-state index contributed by atoms with van der Waals surface area (Å²) in [5.74, 6) is -3.70. The number of halogens is 2. The van der Waals surface area contributed by atoms with Crippen LogP contribution in [0.2, 0.25) is 0 Å². The van der Waals surface area contributed by atoms with Gasteiger partial charge in [0.05, 0.1) is 6.42 Å². The molecule has 0 aromatic heterocycles. The van der Waals surface area contributed by atoms with Gasteiger partial charge in [0.15, 0.2) is 5.78 Å². The fraction of sp³-hybridized carbons (Fsp3) is 0.263. The summed E-state index contributed by atoms with van der Waals surface area (Å²) in [6.45, 7) is 2.48. The van der Waals surface area contributed by atoms with Gasteiger partial charge in [-0.15, -0.1) is 0 Å². The van der Waals surface area contributed by atoms with Crippen molar-refractivity contribution in [3.63, 3.8) is 0 Å². The predicted octanol–water partition coefficient (Wildman–Crippen LogP) is 3.54. The molecule has 0 saturated carbocycles. The van der Waals surface area contributed by atoms with E-state index in [1.807, 2.05) is 0 Å². The van der Waals surface area contributed by atoms with Gasteiger partial charge in [-0.3, -0.25) is 9.59 Å². The molecule has 0 aliphatic carbocycles. The molecule has 0 radical (unpaired) electrons. The number of Topliss-reactive ketones (excluding diaryl/α,β-unsaturated/α-hetero) is 1. The molecule has 0 saturated heterocycles. The summed E-state index contributed by atoms with van der Waals surface area (Å²) in [6, 6.07) is 11.8. The lowest BCUT2D eigenvalue weighted by Crippen LogP contribution is -2.27. The molecule has 132 valence electrons. The average Bonchev–Trinajstić information content (AvgIpc) is 2.55. The zero-order valence-electron chi connectivity index (χ0n) is 13.9. The minimum atomic E-state index is -3.33. The van der Waals surface area contributed by atoms with Crippen molar-refractivity contribution in [3.05, 3.63) is 65.2 Å². The van der Waals surface area contributed by atoms with Crippen molar-refractivity contribution < 1.29 is 23.5 Å². The van der Waals surface area contributed by atoms with E-state index in [4.69, 9.17) is 5.11 Å². The molecule has 6 heteroatoms. The van der Waals surface area contributed by atoms with E-state index in [1.165, 1.54) is 31.2 Å². The Labute approximate surface area is 144 Å². The first-order valence-corrected chi connectivity index (χ1v) is 7.76. The first kappa shape index (κ1) is 18.7. The maximum atomic E-state index is 13.7. The largest absolute Gasteiger partial charge is 0.387 e. The van der Waals surface area contributed by atoms with E-state index in [1.54, 1.807) is 24.3 Å². The van der Waals surface area contributed by atoms with Crippen LogP contribution in [0.15, 0.2) is 48.5 Å². The van der Waals surface area contributed by atoms with Crippen molar-refractivity contribution in [1.82, 2.24) is 0 Å². The highest BCUT2D eigenvalue weighted by Gasteiger charge is 2.37. The normalized spacial score (nSPS) is 12.5. The van der Waals surface area contributed by atoms with Gasteiger partial charge >= 0.3 is 0 Å². The summed E-state index contributed by atoms with van der Waals surface area (Å²) >= 11 is 0. The van der Waals surface area contributed by atoms with Crippen LogP contribution in [0.25, 0.3) is 0 Å². The molecule has 4 nitrogen and oxygen atoms in total. The number of anilines is 1. The second-order valence-corrected chi connectivity index (χ2v) is 5.85. The smallest absolute Gasteiger partial charge is 0.298 e. The van der Waals surface area contributed by atoms with Gasteiger partial charge in [0.2, 0.25) is 5.91 Å². The van der Waals surface area contributed by atoms with Gasteiger partial charge in [-0.1, -0.05) is 24.3 Å². The van der Waals surface area contributed by atoms with Gasteiger partial charge in [-0.05, 0) is 43.7 Å². The number of amides is 1. The van der Waals surface area contributed by atoms with Gasteiger partial charge in [0.1, 0.15) is 6.10 Å². The predicted molar refractivity (Wildman–Crippen MR) is 90.8 cm³/mol. The van der Waals surface area contributed by atoms with Crippen molar-refractivity contribution in [1.29, 1.82) is 0 Å². The lowest BCUT2D eigenvalue weighted by atomic mass is 10.0. The molecule has 2 rings (SSSR count). The van der Waals surface area contributed by atoms with Crippen LogP contribution in [0.5, 0.6) is 0 Å². The molecule has 1 unspecified atom stereocenters. The molecule has 0 spiro atoms. The Morgan fingerprint density at radius 3 is 2.12 bits per heavy atom. The Bertz CT molecular complexity index is 753. The van der Waals surface area contributed by atoms with E-state index in [-0.39, 0.29) is 23.7 Å². The highest BCUT2D eigenvalue weighted by atomic mass is 19.3. The first-order valence-electron chi connectivity index (χ1n) is 7.76. The Kier molecular flexibility index (Phi) is 5.64. The van der Waals surface area contributed by atoms with Crippen LogP contribution in [-0.4, -0.2) is 22.9 Å². The second-order valence-electron chi connectivity index (χ2n) is 5.85. The van der Waals surface area contributed by atoms with Crippen LogP contribution in [-0.2, 0) is 17.1 Å². The van der Waals surface area contributed by atoms with E-state index in [9.17, 15) is 18.4 Å². The number of hydrogen-bond donors (Lipinski definition) is 2. The number of aliphatic hydroxyl groups is 1. The van der Waals surface area contributed by atoms with Gasteiger partial charge < -0.3 is 10.4 Å². The average molecular weight is 347 g/mol. The number of rotatable bonds is 6. The molecule has 2 N–H and O–H groups in total. The Morgan fingerprint density at radius 2 is 1.64 bits per heavy atom. The summed E-state index contributed by atoms with van der Waals surface area (Å²) in [4.78, 5) is 23.2. The minimum absolute atomic E-state index is 0.0228. The molecule has 0 aliphatic rings. The van der Waals surface area contributed by atoms with Crippen LogP contribution in [0.4, 0.5) is 14.5 Å². The SMILES string of the molecule is CC(=O)c1ccc(NC(=O)Cc2ccc(C(F)(F)C(C)O)cc2)cc1. The van der Waals surface area contributed by atoms with Gasteiger partial charge in [0.25, 0.3) is 5.92 Å². The quantitative estimate of drug-likeness (QED) is 0.786. The van der Waals surface area contributed by atoms with Crippen LogP contribution in [0.1, 0.15) is 35.3 Å². The zero-order valence-corrected chi connectivity index (χ0v) is 13.9. The monoisotopic (exact) mass is 347 g/mol. The fourth-order valence-corrected chi connectivity index (χ4v) is 2.26. The lowest BCUT2D eigenvalue weighted by molar-refractivity contribution is -0.115. The van der Waals surface area contributed by atoms with Gasteiger partial charge in [-0.25, -0.2) is 0 Å². The third kappa shape index (κ3) is 4.70. The third-order valence-electron chi connectivity index (χ3n) is 3.80. The number of carbonyl (C=O) groups is 2. The Morgan fingerprint density at radius 1 is 1.08 bits per heavy atom. The van der Waals surface area contributed by atoms with E-state index in [0.29, 0.717) is 16.8 Å². The van der Waals surface area contributed by atoms with Crippen molar-refractivity contribution in [3.8, 4) is 0 Å². The van der Waals surface area contributed by atoms with Crippen LogP contribution in [0, 0.1) is 0 Å². The summed E-state index contributed by atoms with van der Waals surface area (Å²) in [6.07, 6.45) is -1.77. The molecular formula is C19H19F2NO3. The Hall–Kier alpha value is -2.60. The number of carbonyl (C=O) groups excluding carboxylic acids is 2. The molecule has 1 amide bonds. The number of hydrogen-bond acceptors (Lipinski definition) is 3. The lowest BCUT2D eigenvalue weighted by Gasteiger charge is -2.19. The van der Waals surface area contributed by atoms with Crippen LogP contribution >= 0.6 is 0 Å². The molecule has 2 aromatic carbocycles. The summed E-state index contributed by atoms with van der Waals surface area (Å²) < 4.78 is 27.4. The summed E-state index contributed by atoms with van der Waals surface area (Å²) in [5, 5.41) is 11.8. The van der Waals surface area contributed by atoms with E-state index in [2.05, 4.69) is 5.32 Å². The summed E-state index contributed by atoms with van der Waals surface area (Å²) in [5.41, 5.74) is 1.37. The number of ketones is 1. The maximum Gasteiger partial charge on any atom is 0.298 e. The molecule has 1 atom stereocenters. The topological polar surface area (TPSA) is 66.4 Å². The van der Waals surface area contributed by atoms with Crippen molar-refractivity contribution in [2.24, 2.45) is 0 Å². The molecule has 0 aliphatic heterocycles. The maximum absolute atomic E-state index is 13.7. The molecule has 25 heavy (non-hydrogen) atoms. The minimum Gasteiger partial charge on any atom is -0.387 e. The Balaban J connectivity index is 2.00. The second kappa shape index (κ2) is 7.53. The van der Waals surface area contributed by atoms with Gasteiger partial charge in [0, 0.05) is 16.8 Å². The van der Waals surface area contributed by atoms with E-state index >= 15 is 0 Å². The van der Waals surface area contributed by atoms with Crippen molar-refractivity contribution in [2.75, 3.05) is 5.32 Å². The summed E-state index contributed by atoms with van der Waals surface area (Å²) in [7, 11) is 0. The van der Waals surface area contributed by atoms with Crippen molar-refractivity contribution in [2.45, 2.75) is 32.3 Å². The van der Waals surface area contributed by atoms with Crippen molar-refractivity contribution >= 4 is 17.4 Å². The standard InChI is InChI=1S/C19H19F2NO3/c1-12(23)15-5-9-17(10-6-15)22-18(25)11-14-3-7-16(8-4-14)19(20,21)13(2)24/h3-10,13,24H,11H2,1-2H3,(H,22,25).